The minimum absolute atomic E-state index is 0.0541. The molecule has 3 aromatic rings. The topological polar surface area (TPSA) is 279 Å². The molecule has 2 aliphatic heterocycles. The Morgan fingerprint density at radius 1 is 0.756 bits per heavy atom. The van der Waals surface area contributed by atoms with E-state index in [1.165, 1.54) is 25.3 Å². The fourth-order valence-electron chi connectivity index (χ4n) is 5.10. The zero-order chi connectivity index (χ0) is 32.7. The lowest BCUT2D eigenvalue weighted by Crippen LogP contribution is -2.65. The number of phenolic OH excluding ortho intramolecular Hbond substituents is 3. The highest BCUT2D eigenvalue weighted by atomic mass is 16.8. The first kappa shape index (κ1) is 32.6. The summed E-state index contributed by atoms with van der Waals surface area (Å²) in [6, 6.07) is 5.90. The standard InChI is InChI=1S/C28H32O17/c1-40-14-4-9(2-3-10(14)31)13-5-11(32)18-12(33)6-15(21(36)25(18)41-13)42-28-26(23(38)20(35)17(8-30)44-28)45-27-24(39)22(37)19(34)16(7-29)43-27/h2-6,16-17,19-20,22-24,26-31,33-39H,7-8H2,1H3/t16-,17-,19-,20-,22-,23+,24-,26?,27+,28-/m1/s1. The molecule has 45 heavy (non-hydrogen) atoms. The van der Waals surface area contributed by atoms with Crippen LogP contribution in [0.1, 0.15) is 0 Å². The smallest absolute Gasteiger partial charge is 0.229 e. The van der Waals surface area contributed by atoms with Crippen molar-refractivity contribution in [2.45, 2.75) is 61.4 Å². The molecule has 1 unspecified atom stereocenters. The van der Waals surface area contributed by atoms with Gasteiger partial charge in [0.05, 0.1) is 20.3 Å². The number of aliphatic hydroxyl groups is 7. The van der Waals surface area contributed by atoms with Gasteiger partial charge in [-0.3, -0.25) is 4.79 Å². The lowest BCUT2D eigenvalue weighted by atomic mass is 9.97. The maximum absolute atomic E-state index is 13.0. The zero-order valence-electron chi connectivity index (χ0n) is 23.4. The van der Waals surface area contributed by atoms with Crippen LogP contribution in [0.4, 0.5) is 0 Å². The monoisotopic (exact) mass is 640 g/mol. The van der Waals surface area contributed by atoms with Crippen LogP contribution in [0, 0.1) is 0 Å². The Bertz CT molecular complexity index is 1570. The molecule has 17 nitrogen and oxygen atoms in total. The Labute approximate surface area is 252 Å². The van der Waals surface area contributed by atoms with E-state index in [4.69, 9.17) is 28.1 Å². The molecule has 0 saturated carbocycles. The Morgan fingerprint density at radius 3 is 2.04 bits per heavy atom. The van der Waals surface area contributed by atoms with E-state index in [0.717, 1.165) is 12.1 Å². The predicted molar refractivity (Wildman–Crippen MR) is 146 cm³/mol. The highest BCUT2D eigenvalue weighted by Crippen LogP contribution is 2.42. The molecule has 2 fully saturated rings. The van der Waals surface area contributed by atoms with Crippen LogP contribution in [0.5, 0.6) is 28.7 Å². The fourth-order valence-corrected chi connectivity index (χ4v) is 5.10. The van der Waals surface area contributed by atoms with E-state index in [1.54, 1.807) is 0 Å². The summed E-state index contributed by atoms with van der Waals surface area (Å²) in [7, 11) is 1.31. The maximum Gasteiger partial charge on any atom is 0.229 e. The van der Waals surface area contributed by atoms with Crippen LogP contribution in [0.15, 0.2) is 39.5 Å². The average Bonchev–Trinajstić information content (AvgIpc) is 3.02. The molecule has 3 heterocycles. The quantitative estimate of drug-likeness (QED) is 0.115. The molecule has 0 spiro atoms. The molecule has 1 aromatic heterocycles. The fraction of sp³-hybridized carbons (Fsp3) is 0.464. The number of hydrogen-bond acceptors (Lipinski definition) is 17. The van der Waals surface area contributed by atoms with E-state index in [1.807, 2.05) is 0 Å². The van der Waals surface area contributed by atoms with Crippen LogP contribution in [0.2, 0.25) is 0 Å². The van der Waals surface area contributed by atoms with Gasteiger partial charge in [-0.05, 0) is 18.2 Å². The highest BCUT2D eigenvalue weighted by molar-refractivity contribution is 5.91. The van der Waals surface area contributed by atoms with Crippen molar-refractivity contribution in [2.75, 3.05) is 20.3 Å². The highest BCUT2D eigenvalue weighted by Gasteiger charge is 2.51. The van der Waals surface area contributed by atoms with Gasteiger partial charge < -0.3 is 79.2 Å². The molecule has 10 N–H and O–H groups in total. The van der Waals surface area contributed by atoms with Crippen LogP contribution in [-0.2, 0) is 14.2 Å². The second kappa shape index (κ2) is 12.9. The zero-order valence-corrected chi connectivity index (χ0v) is 23.4. The number of methoxy groups -OCH3 is 1. The molecule has 0 amide bonds. The van der Waals surface area contributed by atoms with E-state index in [9.17, 15) is 55.9 Å². The third kappa shape index (κ3) is 5.98. The molecule has 2 saturated heterocycles. The van der Waals surface area contributed by atoms with Crippen molar-refractivity contribution in [1.29, 1.82) is 0 Å². The molecule has 17 heteroatoms. The Morgan fingerprint density at radius 2 is 1.40 bits per heavy atom. The number of fused-ring (bicyclic) bond motifs is 1. The first-order valence-electron chi connectivity index (χ1n) is 13.5. The first-order valence-corrected chi connectivity index (χ1v) is 13.5. The summed E-state index contributed by atoms with van der Waals surface area (Å²) in [5, 5.41) is 102. The molecule has 0 bridgehead atoms. The lowest BCUT2D eigenvalue weighted by Gasteiger charge is -2.45. The Kier molecular flexibility index (Phi) is 9.38. The number of benzene rings is 2. The number of ether oxygens (including phenoxy) is 5. The minimum Gasteiger partial charge on any atom is -0.507 e. The number of aliphatic hydroxyl groups excluding tert-OH is 7. The molecule has 5 rings (SSSR count). The molecular formula is C28H32O17. The van der Waals surface area contributed by atoms with Gasteiger partial charge in [-0.15, -0.1) is 0 Å². The summed E-state index contributed by atoms with van der Waals surface area (Å²) in [6.45, 7) is -1.62. The molecule has 2 aromatic carbocycles. The number of aromatic hydroxyl groups is 3. The normalized spacial score (nSPS) is 32.0. The average molecular weight is 641 g/mol. The third-order valence-electron chi connectivity index (χ3n) is 7.59. The Hall–Kier alpha value is -3.75. The van der Waals surface area contributed by atoms with Crippen molar-refractivity contribution in [3.8, 4) is 40.1 Å². The van der Waals surface area contributed by atoms with Crippen molar-refractivity contribution in [2.24, 2.45) is 0 Å². The van der Waals surface area contributed by atoms with E-state index in [-0.39, 0.29) is 22.8 Å². The van der Waals surface area contributed by atoms with Crippen molar-refractivity contribution in [3.05, 3.63) is 40.6 Å². The van der Waals surface area contributed by atoms with Crippen molar-refractivity contribution >= 4 is 11.0 Å². The van der Waals surface area contributed by atoms with Gasteiger partial charge in [0.15, 0.2) is 40.7 Å². The van der Waals surface area contributed by atoms with Gasteiger partial charge in [0.1, 0.15) is 59.6 Å². The maximum atomic E-state index is 13.0. The molecule has 2 aliphatic rings. The largest absolute Gasteiger partial charge is 0.507 e. The van der Waals surface area contributed by atoms with Crippen LogP contribution >= 0.6 is 0 Å². The predicted octanol–water partition coefficient (Wildman–Crippen LogP) is -2.41. The van der Waals surface area contributed by atoms with Crippen molar-refractivity contribution in [1.82, 2.24) is 0 Å². The third-order valence-corrected chi connectivity index (χ3v) is 7.59. The van der Waals surface area contributed by atoms with Gasteiger partial charge in [-0.25, -0.2) is 0 Å². The SMILES string of the molecule is COc1cc(-c2cc(=O)c3c(O)cc(O[C@@H]4O[C@H](CO)[C@@H](O)[C@H](O)C4O[C@@H]4O[C@H](CO)[C@@H](O)[C@@H](O)[C@H]4O)c(O)c3o2)ccc1O. The van der Waals surface area contributed by atoms with Gasteiger partial charge in [-0.1, -0.05) is 0 Å². The molecule has 246 valence electrons. The lowest BCUT2D eigenvalue weighted by molar-refractivity contribution is -0.358. The van der Waals surface area contributed by atoms with Crippen LogP contribution < -0.4 is 14.9 Å². The molecule has 0 aliphatic carbocycles. The van der Waals surface area contributed by atoms with E-state index >= 15 is 0 Å². The Balaban J connectivity index is 1.52. The van der Waals surface area contributed by atoms with E-state index in [0.29, 0.717) is 0 Å². The molecular weight excluding hydrogens is 608 g/mol. The summed E-state index contributed by atoms with van der Waals surface area (Å²) < 4.78 is 33.0. The first-order chi connectivity index (χ1) is 21.4. The summed E-state index contributed by atoms with van der Waals surface area (Å²) in [4.78, 5) is 13.0. The van der Waals surface area contributed by atoms with E-state index < -0.39 is 108 Å². The number of rotatable bonds is 8. The van der Waals surface area contributed by atoms with E-state index in [2.05, 4.69) is 0 Å². The van der Waals surface area contributed by atoms with Gasteiger partial charge in [-0.2, -0.15) is 0 Å². The van der Waals surface area contributed by atoms with Gasteiger partial charge in [0, 0.05) is 17.7 Å². The summed E-state index contributed by atoms with van der Waals surface area (Å²) in [5.74, 6) is -2.36. The van der Waals surface area contributed by atoms with Gasteiger partial charge >= 0.3 is 0 Å². The van der Waals surface area contributed by atoms with Crippen molar-refractivity contribution < 1.29 is 79.2 Å². The summed E-state index contributed by atoms with van der Waals surface area (Å²) in [5.41, 5.74) is -1.06. The van der Waals surface area contributed by atoms with Crippen LogP contribution in [-0.4, -0.2) is 133 Å². The summed E-state index contributed by atoms with van der Waals surface area (Å²) >= 11 is 0. The summed E-state index contributed by atoms with van der Waals surface area (Å²) in [6.07, 6.45) is -17.5. The molecule has 0 radical (unpaired) electrons. The minimum atomic E-state index is -1.92. The molecule has 10 atom stereocenters. The second-order valence-corrected chi connectivity index (χ2v) is 10.4. The number of phenols is 3. The van der Waals surface area contributed by atoms with Gasteiger partial charge in [0.25, 0.3) is 0 Å². The number of hydrogen-bond donors (Lipinski definition) is 10. The van der Waals surface area contributed by atoms with Crippen molar-refractivity contribution in [3.63, 3.8) is 0 Å². The van der Waals surface area contributed by atoms with Crippen LogP contribution in [0.3, 0.4) is 0 Å². The van der Waals surface area contributed by atoms with Crippen LogP contribution in [0.25, 0.3) is 22.3 Å². The second-order valence-electron chi connectivity index (χ2n) is 10.4. The van der Waals surface area contributed by atoms with Gasteiger partial charge in [0.2, 0.25) is 12.0 Å².